The lowest BCUT2D eigenvalue weighted by atomic mass is 10.1. The molecule has 0 radical (unpaired) electrons. The smallest absolute Gasteiger partial charge is 0.265 e. The van der Waals surface area contributed by atoms with Crippen molar-refractivity contribution in [2.45, 2.75) is 23.4 Å². The Balaban J connectivity index is 1.94. The highest BCUT2D eigenvalue weighted by Crippen LogP contribution is 2.24. The quantitative estimate of drug-likeness (QED) is 0.381. The number of nitrogens with one attached hydrogen (secondary N) is 1. The van der Waals surface area contributed by atoms with Gasteiger partial charge in [0.25, 0.3) is 5.91 Å². The fraction of sp³-hybridized carbons (Fsp3) is 0.250. The third-order valence-corrected chi connectivity index (χ3v) is 4.42. The summed E-state index contributed by atoms with van der Waals surface area (Å²) in [6.45, 7) is 2.04. The standard InChI is InChI=1S/C12H14N4OS2/c1-2-10-14-12(19-16-10)18-7-8-3-5-9(6-4-8)11(17)15-13/h3-6H,2,7,13H2,1H3,(H,15,17). The molecule has 1 aromatic carbocycles. The number of amides is 1. The summed E-state index contributed by atoms with van der Waals surface area (Å²) in [6.07, 6.45) is 0.861. The zero-order valence-electron chi connectivity index (χ0n) is 10.4. The topological polar surface area (TPSA) is 80.9 Å². The molecular weight excluding hydrogens is 280 g/mol. The number of aryl methyl sites for hydroxylation is 1. The van der Waals surface area contributed by atoms with Crippen LogP contribution in [0.4, 0.5) is 0 Å². The van der Waals surface area contributed by atoms with E-state index in [1.165, 1.54) is 11.5 Å². The molecule has 3 N–H and O–H groups in total. The van der Waals surface area contributed by atoms with Crippen molar-refractivity contribution in [2.24, 2.45) is 5.84 Å². The molecule has 0 saturated carbocycles. The normalized spacial score (nSPS) is 10.4. The first kappa shape index (κ1) is 14.0. The lowest BCUT2D eigenvalue weighted by Gasteiger charge is -2.02. The van der Waals surface area contributed by atoms with Gasteiger partial charge in [0.1, 0.15) is 5.82 Å². The van der Waals surface area contributed by atoms with E-state index in [1.54, 1.807) is 23.9 Å². The van der Waals surface area contributed by atoms with Crippen molar-refractivity contribution in [1.29, 1.82) is 0 Å². The molecule has 0 saturated heterocycles. The number of nitrogens with zero attached hydrogens (tertiary/aromatic N) is 2. The van der Waals surface area contributed by atoms with Gasteiger partial charge in [-0.2, -0.15) is 4.37 Å². The molecule has 0 aliphatic heterocycles. The van der Waals surface area contributed by atoms with Crippen molar-refractivity contribution >= 4 is 29.2 Å². The Kier molecular flexibility index (Phi) is 4.89. The van der Waals surface area contributed by atoms with E-state index in [0.717, 1.165) is 27.9 Å². The Morgan fingerprint density at radius 2 is 2.16 bits per heavy atom. The van der Waals surface area contributed by atoms with Gasteiger partial charge in [0.15, 0.2) is 4.34 Å². The molecule has 0 fully saturated rings. The summed E-state index contributed by atoms with van der Waals surface area (Å²) in [4.78, 5) is 15.7. The van der Waals surface area contributed by atoms with Crippen LogP contribution in [0.25, 0.3) is 0 Å². The number of hydrazine groups is 1. The van der Waals surface area contributed by atoms with Gasteiger partial charge < -0.3 is 0 Å². The van der Waals surface area contributed by atoms with Crippen molar-refractivity contribution < 1.29 is 4.79 Å². The fourth-order valence-corrected chi connectivity index (χ4v) is 3.07. The number of carbonyl (C=O) groups is 1. The van der Waals surface area contributed by atoms with E-state index in [1.807, 2.05) is 19.1 Å². The van der Waals surface area contributed by atoms with Crippen LogP contribution in [0.1, 0.15) is 28.7 Å². The molecule has 1 aromatic heterocycles. The average Bonchev–Trinajstić information content (AvgIpc) is 2.93. The predicted molar refractivity (Wildman–Crippen MR) is 76.9 cm³/mol. The SMILES string of the molecule is CCc1nsc(SCc2ccc(C(=O)NN)cc2)n1. The molecule has 0 spiro atoms. The van der Waals surface area contributed by atoms with Crippen molar-refractivity contribution in [3.63, 3.8) is 0 Å². The van der Waals surface area contributed by atoms with Crippen molar-refractivity contribution in [3.05, 3.63) is 41.2 Å². The second-order valence-corrected chi connectivity index (χ2v) is 5.76. The van der Waals surface area contributed by atoms with Crippen LogP contribution in [0.5, 0.6) is 0 Å². The highest BCUT2D eigenvalue weighted by Gasteiger charge is 2.05. The van der Waals surface area contributed by atoms with Gasteiger partial charge in [-0.1, -0.05) is 30.8 Å². The van der Waals surface area contributed by atoms with E-state index in [9.17, 15) is 4.79 Å². The van der Waals surface area contributed by atoms with Crippen LogP contribution in [0, 0.1) is 0 Å². The monoisotopic (exact) mass is 294 g/mol. The van der Waals surface area contributed by atoms with Gasteiger partial charge in [0.05, 0.1) is 0 Å². The van der Waals surface area contributed by atoms with Crippen molar-refractivity contribution in [3.8, 4) is 0 Å². The van der Waals surface area contributed by atoms with Gasteiger partial charge >= 0.3 is 0 Å². The summed E-state index contributed by atoms with van der Waals surface area (Å²) in [5.41, 5.74) is 3.79. The van der Waals surface area contributed by atoms with Gasteiger partial charge in [-0.15, -0.1) is 0 Å². The second-order valence-electron chi connectivity index (χ2n) is 3.79. The summed E-state index contributed by atoms with van der Waals surface area (Å²) in [5.74, 6) is 6.49. The van der Waals surface area contributed by atoms with Crippen LogP contribution in [0.3, 0.4) is 0 Å². The van der Waals surface area contributed by atoms with Gasteiger partial charge in [0.2, 0.25) is 0 Å². The average molecular weight is 294 g/mol. The number of nitrogen functional groups attached to an aromatic ring is 1. The van der Waals surface area contributed by atoms with Crippen molar-refractivity contribution in [1.82, 2.24) is 14.8 Å². The van der Waals surface area contributed by atoms with Crippen LogP contribution < -0.4 is 11.3 Å². The van der Waals surface area contributed by atoms with Crippen LogP contribution in [0.2, 0.25) is 0 Å². The minimum absolute atomic E-state index is 0.282. The van der Waals surface area contributed by atoms with E-state index in [2.05, 4.69) is 14.8 Å². The van der Waals surface area contributed by atoms with E-state index < -0.39 is 0 Å². The molecule has 1 amide bonds. The molecule has 19 heavy (non-hydrogen) atoms. The maximum atomic E-state index is 11.3. The lowest BCUT2D eigenvalue weighted by Crippen LogP contribution is -2.29. The van der Waals surface area contributed by atoms with E-state index in [-0.39, 0.29) is 5.91 Å². The molecule has 7 heteroatoms. The molecule has 0 unspecified atom stereocenters. The number of thioether (sulfide) groups is 1. The Morgan fingerprint density at radius 1 is 1.42 bits per heavy atom. The number of hydrogen-bond acceptors (Lipinski definition) is 6. The van der Waals surface area contributed by atoms with Crippen molar-refractivity contribution in [2.75, 3.05) is 0 Å². The van der Waals surface area contributed by atoms with Gasteiger partial charge in [0, 0.05) is 17.7 Å². The fourth-order valence-electron chi connectivity index (χ4n) is 1.42. The number of nitrogens with two attached hydrogens (primary N) is 1. The number of aromatic nitrogens is 2. The Labute approximate surface area is 119 Å². The third-order valence-electron chi connectivity index (χ3n) is 2.48. The first-order chi connectivity index (χ1) is 9.22. The summed E-state index contributed by atoms with van der Waals surface area (Å²) in [5, 5.41) is 0. The van der Waals surface area contributed by atoms with Gasteiger partial charge in [-0.05, 0) is 29.2 Å². The largest absolute Gasteiger partial charge is 0.290 e. The molecule has 0 bridgehead atoms. The van der Waals surface area contributed by atoms with E-state index in [4.69, 9.17) is 5.84 Å². The van der Waals surface area contributed by atoms with Gasteiger partial charge in [-0.3, -0.25) is 10.2 Å². The van der Waals surface area contributed by atoms with Gasteiger partial charge in [-0.25, -0.2) is 10.8 Å². The maximum Gasteiger partial charge on any atom is 0.265 e. The highest BCUT2D eigenvalue weighted by atomic mass is 32.2. The molecule has 0 atom stereocenters. The second kappa shape index (κ2) is 6.65. The molecule has 5 nitrogen and oxygen atoms in total. The highest BCUT2D eigenvalue weighted by molar-refractivity contribution is 8.00. The van der Waals surface area contributed by atoms with E-state index >= 15 is 0 Å². The third kappa shape index (κ3) is 3.76. The summed E-state index contributed by atoms with van der Waals surface area (Å²) in [6, 6.07) is 7.35. The number of carbonyl (C=O) groups excluding carboxylic acids is 1. The summed E-state index contributed by atoms with van der Waals surface area (Å²) >= 11 is 3.08. The minimum atomic E-state index is -0.282. The molecular formula is C12H14N4OS2. The maximum absolute atomic E-state index is 11.3. The Morgan fingerprint density at radius 3 is 2.74 bits per heavy atom. The van der Waals surface area contributed by atoms with Crippen LogP contribution >= 0.6 is 23.3 Å². The van der Waals surface area contributed by atoms with Crippen LogP contribution in [-0.2, 0) is 12.2 Å². The minimum Gasteiger partial charge on any atom is -0.290 e. The molecule has 100 valence electrons. The molecule has 0 aliphatic rings. The molecule has 2 rings (SSSR count). The van der Waals surface area contributed by atoms with Crippen LogP contribution in [-0.4, -0.2) is 15.3 Å². The predicted octanol–water partition coefficient (Wildman–Crippen LogP) is 2.00. The molecule has 0 aliphatic carbocycles. The molecule has 1 heterocycles. The first-order valence-corrected chi connectivity index (χ1v) is 7.54. The summed E-state index contributed by atoms with van der Waals surface area (Å²) < 4.78 is 5.21. The lowest BCUT2D eigenvalue weighted by molar-refractivity contribution is 0.0953. The number of hydrogen-bond donors (Lipinski definition) is 2. The molecule has 2 aromatic rings. The summed E-state index contributed by atoms with van der Waals surface area (Å²) in [7, 11) is 0. The first-order valence-electron chi connectivity index (χ1n) is 5.78. The Bertz CT molecular complexity index is 553. The van der Waals surface area contributed by atoms with E-state index in [0.29, 0.717) is 5.56 Å². The number of benzene rings is 1. The zero-order valence-corrected chi connectivity index (χ0v) is 12.1. The number of rotatable bonds is 5. The van der Waals surface area contributed by atoms with Crippen LogP contribution in [0.15, 0.2) is 28.6 Å². The Hall–Kier alpha value is -1.44. The zero-order chi connectivity index (χ0) is 13.7.